The van der Waals surface area contributed by atoms with Gasteiger partial charge in [0.25, 0.3) is 0 Å². The highest BCUT2D eigenvalue weighted by Crippen LogP contribution is 2.24. The summed E-state index contributed by atoms with van der Waals surface area (Å²) in [7, 11) is 3.82. The number of aromatic nitrogens is 2. The molecule has 0 aliphatic carbocycles. The van der Waals surface area contributed by atoms with Crippen LogP contribution in [0, 0.1) is 0 Å². The Bertz CT molecular complexity index is 803. The molecule has 166 valence electrons. The molecule has 2 aromatic rings. The molecule has 0 radical (unpaired) electrons. The Labute approximate surface area is 184 Å². The standard InChI is InChI=1S/C17H23Cl2N3O2.C2H2O4/c1-21(10-12-23-2)8-3-4-11-24-17-7-9-22(20-17)14-5-6-15(18)16(19)13-14;3-1(4)2(5)6/h5-7,9,13H,3-4,8,10-12H2,1-2H3;(H,3,4)(H,5,6). The van der Waals surface area contributed by atoms with Crippen molar-refractivity contribution in [3.8, 4) is 11.6 Å². The lowest BCUT2D eigenvalue weighted by molar-refractivity contribution is -0.159. The average Bonchev–Trinajstić information content (AvgIpc) is 3.17. The van der Waals surface area contributed by atoms with Crippen molar-refractivity contribution in [2.24, 2.45) is 0 Å². The molecule has 30 heavy (non-hydrogen) atoms. The third-order valence-corrected chi connectivity index (χ3v) is 4.52. The molecule has 0 aliphatic rings. The highest BCUT2D eigenvalue weighted by Gasteiger charge is 2.05. The van der Waals surface area contributed by atoms with E-state index in [1.54, 1.807) is 23.9 Å². The van der Waals surface area contributed by atoms with Crippen LogP contribution in [0.15, 0.2) is 30.5 Å². The van der Waals surface area contributed by atoms with Crippen molar-refractivity contribution >= 4 is 35.1 Å². The lowest BCUT2D eigenvalue weighted by Gasteiger charge is -2.15. The minimum atomic E-state index is -1.82. The lowest BCUT2D eigenvalue weighted by Crippen LogP contribution is -2.24. The predicted octanol–water partition coefficient (Wildman–Crippen LogP) is 3.07. The summed E-state index contributed by atoms with van der Waals surface area (Å²) >= 11 is 12.0. The lowest BCUT2D eigenvalue weighted by atomic mass is 10.3. The predicted molar refractivity (Wildman–Crippen MR) is 113 cm³/mol. The summed E-state index contributed by atoms with van der Waals surface area (Å²) < 4.78 is 12.5. The number of halogens is 2. The number of carboxylic acid groups (broad SMARTS) is 2. The van der Waals surface area contributed by atoms with Gasteiger partial charge in [0.2, 0.25) is 5.88 Å². The van der Waals surface area contributed by atoms with Crippen molar-refractivity contribution < 1.29 is 29.3 Å². The SMILES string of the molecule is COCCN(C)CCCCOc1ccn(-c2ccc(Cl)c(Cl)c2)n1.O=C(O)C(=O)O. The molecule has 0 saturated carbocycles. The quantitative estimate of drug-likeness (QED) is 0.409. The van der Waals surface area contributed by atoms with Gasteiger partial charge in [-0.05, 0) is 44.6 Å². The van der Waals surface area contributed by atoms with Crippen LogP contribution >= 0.6 is 23.2 Å². The van der Waals surface area contributed by atoms with Crippen molar-refractivity contribution in [3.05, 3.63) is 40.5 Å². The van der Waals surface area contributed by atoms with Gasteiger partial charge < -0.3 is 24.6 Å². The number of ether oxygens (including phenoxy) is 2. The van der Waals surface area contributed by atoms with E-state index in [1.807, 2.05) is 18.3 Å². The Morgan fingerprint density at radius 1 is 1.07 bits per heavy atom. The summed E-state index contributed by atoms with van der Waals surface area (Å²) in [5.41, 5.74) is 0.846. The zero-order valence-corrected chi connectivity index (χ0v) is 18.3. The van der Waals surface area contributed by atoms with Crippen LogP contribution < -0.4 is 4.74 Å². The number of nitrogens with zero attached hydrogens (tertiary/aromatic N) is 3. The highest BCUT2D eigenvalue weighted by atomic mass is 35.5. The fraction of sp³-hybridized carbons (Fsp3) is 0.421. The average molecular weight is 462 g/mol. The maximum Gasteiger partial charge on any atom is 0.414 e. The Kier molecular flexibility index (Phi) is 11.8. The van der Waals surface area contributed by atoms with Crippen molar-refractivity contribution in [3.63, 3.8) is 0 Å². The Hall–Kier alpha value is -2.33. The van der Waals surface area contributed by atoms with Gasteiger partial charge in [-0.15, -0.1) is 5.10 Å². The maximum atomic E-state index is 9.10. The molecule has 0 bridgehead atoms. The van der Waals surface area contributed by atoms with Crippen LogP contribution in [0.3, 0.4) is 0 Å². The number of aliphatic carboxylic acids is 2. The fourth-order valence-electron chi connectivity index (χ4n) is 2.17. The molecule has 2 rings (SSSR count). The molecule has 0 atom stereocenters. The molecule has 0 saturated heterocycles. The molecule has 0 fully saturated rings. The van der Waals surface area contributed by atoms with Crippen LogP contribution in [-0.2, 0) is 14.3 Å². The van der Waals surface area contributed by atoms with Gasteiger partial charge in [0.15, 0.2) is 0 Å². The van der Waals surface area contributed by atoms with Crippen LogP contribution in [0.1, 0.15) is 12.8 Å². The first-order chi connectivity index (χ1) is 14.2. The first kappa shape index (κ1) is 25.7. The van der Waals surface area contributed by atoms with Gasteiger partial charge in [0.1, 0.15) is 0 Å². The summed E-state index contributed by atoms with van der Waals surface area (Å²) in [6.45, 7) is 3.39. The molecule has 0 unspecified atom stereocenters. The first-order valence-electron chi connectivity index (χ1n) is 9.02. The van der Waals surface area contributed by atoms with Gasteiger partial charge in [-0.25, -0.2) is 14.3 Å². The molecular weight excluding hydrogens is 437 g/mol. The molecule has 9 nitrogen and oxygen atoms in total. The topological polar surface area (TPSA) is 114 Å². The zero-order valence-electron chi connectivity index (χ0n) is 16.8. The molecule has 0 spiro atoms. The van der Waals surface area contributed by atoms with Gasteiger partial charge in [0, 0.05) is 25.9 Å². The van der Waals surface area contributed by atoms with Crippen molar-refractivity contribution in [2.75, 3.05) is 40.5 Å². The molecular formula is C19H25Cl2N3O6. The van der Waals surface area contributed by atoms with E-state index in [4.69, 9.17) is 52.5 Å². The summed E-state index contributed by atoms with van der Waals surface area (Å²) in [5, 5.41) is 20.2. The molecule has 1 aromatic carbocycles. The van der Waals surface area contributed by atoms with E-state index in [9.17, 15) is 0 Å². The normalized spacial score (nSPS) is 10.4. The fourth-order valence-corrected chi connectivity index (χ4v) is 2.47. The van der Waals surface area contributed by atoms with E-state index in [2.05, 4.69) is 17.0 Å². The van der Waals surface area contributed by atoms with Gasteiger partial charge in [-0.2, -0.15) is 0 Å². The Morgan fingerprint density at radius 3 is 2.37 bits per heavy atom. The second kappa shape index (κ2) is 13.8. The number of carbonyl (C=O) groups is 2. The molecule has 2 N–H and O–H groups in total. The van der Waals surface area contributed by atoms with Crippen molar-refractivity contribution in [1.29, 1.82) is 0 Å². The first-order valence-corrected chi connectivity index (χ1v) is 9.77. The summed E-state index contributed by atoms with van der Waals surface area (Å²) in [6, 6.07) is 7.23. The minimum Gasteiger partial charge on any atom is -0.477 e. The molecule has 0 amide bonds. The molecule has 11 heteroatoms. The molecule has 0 aliphatic heterocycles. The smallest absolute Gasteiger partial charge is 0.414 e. The summed E-state index contributed by atoms with van der Waals surface area (Å²) in [6.07, 6.45) is 3.90. The van der Waals surface area contributed by atoms with Gasteiger partial charge >= 0.3 is 11.9 Å². The van der Waals surface area contributed by atoms with Crippen molar-refractivity contribution in [1.82, 2.24) is 14.7 Å². The molecule has 1 heterocycles. The number of carboxylic acids is 2. The zero-order chi connectivity index (χ0) is 22.5. The van der Waals surface area contributed by atoms with Gasteiger partial charge in [-0.1, -0.05) is 23.2 Å². The number of unbranched alkanes of at least 4 members (excludes halogenated alkanes) is 1. The third-order valence-electron chi connectivity index (χ3n) is 3.78. The van der Waals surface area contributed by atoms with E-state index in [1.165, 1.54) is 0 Å². The van der Waals surface area contributed by atoms with Crippen LogP contribution in [0.5, 0.6) is 5.88 Å². The van der Waals surface area contributed by atoms with E-state index in [-0.39, 0.29) is 0 Å². The highest BCUT2D eigenvalue weighted by molar-refractivity contribution is 6.42. The van der Waals surface area contributed by atoms with E-state index in [0.29, 0.717) is 22.5 Å². The van der Waals surface area contributed by atoms with Crippen molar-refractivity contribution in [2.45, 2.75) is 12.8 Å². The van der Waals surface area contributed by atoms with Crippen LogP contribution in [0.4, 0.5) is 0 Å². The van der Waals surface area contributed by atoms with Gasteiger partial charge in [-0.3, -0.25) is 0 Å². The second-order valence-corrected chi connectivity index (χ2v) is 6.97. The van der Waals surface area contributed by atoms with Crippen LogP contribution in [-0.4, -0.2) is 77.3 Å². The van der Waals surface area contributed by atoms with E-state index in [0.717, 1.165) is 38.2 Å². The number of benzene rings is 1. The summed E-state index contributed by atoms with van der Waals surface area (Å²) in [4.78, 5) is 20.5. The molecule has 1 aromatic heterocycles. The van der Waals surface area contributed by atoms with Crippen LogP contribution in [0.2, 0.25) is 10.0 Å². The Morgan fingerprint density at radius 2 is 1.77 bits per heavy atom. The summed E-state index contributed by atoms with van der Waals surface area (Å²) in [5.74, 6) is -3.04. The largest absolute Gasteiger partial charge is 0.477 e. The van der Waals surface area contributed by atoms with Crippen LogP contribution in [0.25, 0.3) is 5.69 Å². The number of methoxy groups -OCH3 is 1. The maximum absolute atomic E-state index is 9.10. The van der Waals surface area contributed by atoms with Gasteiger partial charge in [0.05, 0.1) is 28.9 Å². The van der Waals surface area contributed by atoms with E-state index < -0.39 is 11.9 Å². The number of rotatable bonds is 10. The minimum absolute atomic E-state index is 0.504. The monoisotopic (exact) mass is 461 g/mol. The number of hydrogen-bond donors (Lipinski definition) is 2. The third kappa shape index (κ3) is 9.93. The number of likely N-dealkylation sites (N-methyl/N-ethyl adjacent to an activating group) is 1. The van der Waals surface area contributed by atoms with E-state index >= 15 is 0 Å². The second-order valence-electron chi connectivity index (χ2n) is 6.16. The Balaban J connectivity index is 0.000000656. The number of hydrogen-bond acceptors (Lipinski definition) is 6.